The summed E-state index contributed by atoms with van der Waals surface area (Å²) in [5, 5.41) is 12.7. The number of hydrogen-bond acceptors (Lipinski definition) is 6. The predicted molar refractivity (Wildman–Crippen MR) is 147 cm³/mol. The molecule has 0 spiro atoms. The Bertz CT molecular complexity index is 1340. The van der Waals surface area contributed by atoms with Crippen molar-refractivity contribution in [2.45, 2.75) is 31.2 Å². The molecule has 0 radical (unpaired) electrons. The average molecular weight is 537 g/mol. The van der Waals surface area contributed by atoms with Crippen molar-refractivity contribution in [1.29, 1.82) is 5.41 Å². The van der Waals surface area contributed by atoms with E-state index in [2.05, 4.69) is 15.4 Å². The Morgan fingerprint density at radius 2 is 1.47 bits per heavy atom. The highest BCUT2D eigenvalue weighted by molar-refractivity contribution is 7.88. The number of benzene rings is 3. The summed E-state index contributed by atoms with van der Waals surface area (Å²) in [5.74, 6) is -1.39. The number of amides is 2. The molecule has 0 unspecified atom stereocenters. The standard InChI is InChI=1S/C27H32N6O4S/c28-23-13-8-21(9-14-23)18-38(36,37)33-24(15-10-19-4-2-1-3-5-19)27(35)32-17-25(34)31-16-20-6-11-22(12-7-20)26(29)30/h1-9,11-14,24,33H,10,15-18,28H2,(H3,29,30)(H,31,34)(H,32,35)/t24-/m1/s1. The lowest BCUT2D eigenvalue weighted by Crippen LogP contribution is -2.49. The van der Waals surface area contributed by atoms with Crippen LogP contribution in [0.15, 0.2) is 78.9 Å². The SMILES string of the molecule is N=C(N)c1ccc(CNC(=O)CNC(=O)[C@@H](CCc2ccccc2)NS(=O)(=O)Cc2ccc(N)cc2)cc1. The third-order valence-corrected chi connectivity index (χ3v) is 7.07. The molecule has 1 atom stereocenters. The number of carbonyl (C=O) groups excluding carboxylic acids is 2. The van der Waals surface area contributed by atoms with Crippen molar-refractivity contribution in [2.24, 2.45) is 5.73 Å². The molecule has 0 bridgehead atoms. The maximum Gasteiger partial charge on any atom is 0.239 e. The molecule has 3 aromatic rings. The van der Waals surface area contributed by atoms with Gasteiger partial charge in [0.2, 0.25) is 21.8 Å². The van der Waals surface area contributed by atoms with Crippen molar-refractivity contribution in [1.82, 2.24) is 15.4 Å². The first kappa shape index (κ1) is 28.4. The summed E-state index contributed by atoms with van der Waals surface area (Å²) < 4.78 is 28.2. The number of hydrogen-bond donors (Lipinski definition) is 6. The lowest BCUT2D eigenvalue weighted by Gasteiger charge is -2.19. The molecule has 0 aliphatic heterocycles. The maximum absolute atomic E-state index is 13.0. The molecular weight excluding hydrogens is 504 g/mol. The molecule has 0 saturated heterocycles. The van der Waals surface area contributed by atoms with Gasteiger partial charge in [0.25, 0.3) is 0 Å². The fraction of sp³-hybridized carbons (Fsp3) is 0.222. The quantitative estimate of drug-likeness (QED) is 0.109. The lowest BCUT2D eigenvalue weighted by atomic mass is 10.1. The summed E-state index contributed by atoms with van der Waals surface area (Å²) >= 11 is 0. The van der Waals surface area contributed by atoms with Gasteiger partial charge in [0.1, 0.15) is 11.9 Å². The Labute approximate surface area is 222 Å². The highest BCUT2D eigenvalue weighted by Crippen LogP contribution is 2.11. The Morgan fingerprint density at radius 1 is 0.842 bits per heavy atom. The fourth-order valence-corrected chi connectivity index (χ4v) is 5.02. The minimum absolute atomic E-state index is 0.0470. The number of nitrogens with one attached hydrogen (secondary N) is 4. The molecule has 38 heavy (non-hydrogen) atoms. The summed E-state index contributed by atoms with van der Waals surface area (Å²) in [6, 6.07) is 21.6. The van der Waals surface area contributed by atoms with E-state index in [0.29, 0.717) is 23.2 Å². The third-order valence-electron chi connectivity index (χ3n) is 5.72. The van der Waals surface area contributed by atoms with Crippen LogP contribution in [0.25, 0.3) is 0 Å². The summed E-state index contributed by atoms with van der Waals surface area (Å²) in [6.07, 6.45) is 0.673. The molecule has 200 valence electrons. The molecule has 11 heteroatoms. The van der Waals surface area contributed by atoms with Crippen molar-refractivity contribution in [3.63, 3.8) is 0 Å². The van der Waals surface area contributed by atoms with Crippen LogP contribution in [0.5, 0.6) is 0 Å². The third kappa shape index (κ3) is 9.34. The summed E-state index contributed by atoms with van der Waals surface area (Å²) in [6.45, 7) is -0.0928. The van der Waals surface area contributed by atoms with E-state index in [9.17, 15) is 18.0 Å². The topological polar surface area (TPSA) is 180 Å². The molecule has 0 aromatic heterocycles. The molecule has 2 amide bonds. The number of nitrogens with two attached hydrogens (primary N) is 2. The van der Waals surface area contributed by atoms with Crippen molar-refractivity contribution >= 4 is 33.4 Å². The van der Waals surface area contributed by atoms with Gasteiger partial charge in [0, 0.05) is 17.8 Å². The van der Waals surface area contributed by atoms with Gasteiger partial charge in [0.05, 0.1) is 12.3 Å². The van der Waals surface area contributed by atoms with Gasteiger partial charge in [-0.05, 0) is 41.7 Å². The van der Waals surface area contributed by atoms with Gasteiger partial charge in [-0.3, -0.25) is 15.0 Å². The van der Waals surface area contributed by atoms with Gasteiger partial charge in [-0.2, -0.15) is 0 Å². The van der Waals surface area contributed by atoms with E-state index in [0.717, 1.165) is 11.1 Å². The molecule has 3 aromatic carbocycles. The maximum atomic E-state index is 13.0. The van der Waals surface area contributed by atoms with Crippen molar-refractivity contribution in [3.8, 4) is 0 Å². The van der Waals surface area contributed by atoms with E-state index in [4.69, 9.17) is 16.9 Å². The summed E-state index contributed by atoms with van der Waals surface area (Å²) in [5.41, 5.74) is 14.5. The van der Waals surface area contributed by atoms with Crippen LogP contribution < -0.4 is 26.8 Å². The van der Waals surface area contributed by atoms with E-state index in [-0.39, 0.29) is 31.1 Å². The Hall–Kier alpha value is -4.22. The van der Waals surface area contributed by atoms with Gasteiger partial charge in [-0.15, -0.1) is 0 Å². The molecule has 10 nitrogen and oxygen atoms in total. The largest absolute Gasteiger partial charge is 0.399 e. The molecule has 8 N–H and O–H groups in total. The highest BCUT2D eigenvalue weighted by atomic mass is 32.2. The first-order chi connectivity index (χ1) is 18.1. The number of anilines is 1. The van der Waals surface area contributed by atoms with Crippen LogP contribution in [-0.4, -0.2) is 38.7 Å². The fourth-order valence-electron chi connectivity index (χ4n) is 3.65. The van der Waals surface area contributed by atoms with E-state index in [1.165, 1.54) is 0 Å². The van der Waals surface area contributed by atoms with Crippen molar-refractivity contribution < 1.29 is 18.0 Å². The zero-order chi connectivity index (χ0) is 27.5. The van der Waals surface area contributed by atoms with Crippen LogP contribution in [0.3, 0.4) is 0 Å². The van der Waals surface area contributed by atoms with Crippen LogP contribution in [0.1, 0.15) is 28.7 Å². The van der Waals surface area contributed by atoms with E-state index in [1.807, 2.05) is 30.3 Å². The highest BCUT2D eigenvalue weighted by Gasteiger charge is 2.25. The molecule has 0 aliphatic carbocycles. The van der Waals surface area contributed by atoms with E-state index < -0.39 is 27.9 Å². The Kier molecular flexibility index (Phi) is 9.97. The second kappa shape index (κ2) is 13.4. The van der Waals surface area contributed by atoms with Crippen LogP contribution in [0.2, 0.25) is 0 Å². The Morgan fingerprint density at radius 3 is 2.11 bits per heavy atom. The van der Waals surface area contributed by atoms with Gasteiger partial charge in [-0.1, -0.05) is 66.7 Å². The molecule has 3 rings (SSSR count). The average Bonchev–Trinajstić information content (AvgIpc) is 2.90. The molecular formula is C27H32N6O4S. The molecule has 0 saturated carbocycles. The smallest absolute Gasteiger partial charge is 0.239 e. The molecule has 0 fully saturated rings. The van der Waals surface area contributed by atoms with E-state index in [1.54, 1.807) is 48.5 Å². The number of aryl methyl sites for hydroxylation is 1. The second-order valence-corrected chi connectivity index (χ2v) is 10.6. The van der Waals surface area contributed by atoms with Crippen molar-refractivity contribution in [3.05, 3.63) is 101 Å². The number of carbonyl (C=O) groups is 2. The molecule has 0 heterocycles. The normalized spacial score (nSPS) is 11.9. The van der Waals surface area contributed by atoms with Crippen LogP contribution in [0, 0.1) is 5.41 Å². The van der Waals surface area contributed by atoms with Crippen molar-refractivity contribution in [2.75, 3.05) is 12.3 Å². The monoisotopic (exact) mass is 536 g/mol. The number of amidine groups is 1. The number of rotatable bonds is 13. The van der Waals surface area contributed by atoms with Crippen LogP contribution >= 0.6 is 0 Å². The van der Waals surface area contributed by atoms with E-state index >= 15 is 0 Å². The predicted octanol–water partition coefficient (Wildman–Crippen LogP) is 1.41. The zero-order valence-corrected chi connectivity index (χ0v) is 21.6. The first-order valence-corrected chi connectivity index (χ1v) is 13.6. The number of nitrogen functional groups attached to an aromatic ring is 2. The minimum atomic E-state index is -3.87. The zero-order valence-electron chi connectivity index (χ0n) is 20.8. The van der Waals surface area contributed by atoms with Gasteiger partial charge in [-0.25, -0.2) is 13.1 Å². The van der Waals surface area contributed by atoms with Gasteiger partial charge < -0.3 is 22.1 Å². The number of sulfonamides is 1. The van der Waals surface area contributed by atoms with Gasteiger partial charge in [0.15, 0.2) is 0 Å². The van der Waals surface area contributed by atoms with Crippen LogP contribution in [0.4, 0.5) is 5.69 Å². The Balaban J connectivity index is 1.58. The minimum Gasteiger partial charge on any atom is -0.399 e. The van der Waals surface area contributed by atoms with Gasteiger partial charge >= 0.3 is 0 Å². The summed E-state index contributed by atoms with van der Waals surface area (Å²) in [4.78, 5) is 25.3. The first-order valence-electron chi connectivity index (χ1n) is 12.0. The lowest BCUT2D eigenvalue weighted by molar-refractivity contribution is -0.127. The second-order valence-electron chi connectivity index (χ2n) is 8.80. The molecule has 0 aliphatic rings. The van der Waals surface area contributed by atoms with Crippen LogP contribution in [-0.2, 0) is 38.3 Å². The summed E-state index contributed by atoms with van der Waals surface area (Å²) in [7, 11) is -3.87.